The Morgan fingerprint density at radius 3 is 2.83 bits per heavy atom. The highest BCUT2D eigenvalue weighted by Gasteiger charge is 2.20. The van der Waals surface area contributed by atoms with Crippen molar-refractivity contribution < 1.29 is 14.3 Å². The number of Topliss-reactive ketones (excluding diaryl/α,β-unsaturated/α-hetero) is 1. The lowest BCUT2D eigenvalue weighted by Crippen LogP contribution is -2.04. The maximum atomic E-state index is 11.6. The Labute approximate surface area is 103 Å². The number of hydrogen-bond acceptors (Lipinski definition) is 5. The molecule has 2 rings (SSSR count). The van der Waals surface area contributed by atoms with E-state index in [0.29, 0.717) is 17.0 Å². The predicted molar refractivity (Wildman–Crippen MR) is 65.3 cm³/mol. The standard InChI is InChI=1S/C12H13N3O3/c1-7(16)6-9-14-10(12(17)18-2)11-8(13)4-3-5-15(9)11/h3-5H,6,13H2,1-2H3. The summed E-state index contributed by atoms with van der Waals surface area (Å²) in [6.45, 7) is 1.46. The average molecular weight is 247 g/mol. The second-order valence-electron chi connectivity index (χ2n) is 3.93. The number of aromatic nitrogens is 2. The van der Waals surface area contributed by atoms with E-state index in [0.717, 1.165) is 0 Å². The van der Waals surface area contributed by atoms with Gasteiger partial charge in [0.25, 0.3) is 0 Å². The summed E-state index contributed by atoms with van der Waals surface area (Å²) in [7, 11) is 1.28. The summed E-state index contributed by atoms with van der Waals surface area (Å²) in [6.07, 6.45) is 1.85. The molecule has 0 unspecified atom stereocenters. The molecule has 0 aliphatic carbocycles. The molecule has 2 heterocycles. The average Bonchev–Trinajstić information content (AvgIpc) is 2.68. The Kier molecular flexibility index (Phi) is 3.01. The number of carbonyl (C=O) groups is 2. The Bertz CT molecular complexity index is 631. The van der Waals surface area contributed by atoms with Crippen molar-refractivity contribution in [2.24, 2.45) is 0 Å². The third kappa shape index (κ3) is 1.92. The fourth-order valence-electron chi connectivity index (χ4n) is 1.81. The van der Waals surface area contributed by atoms with E-state index in [9.17, 15) is 9.59 Å². The molecule has 0 spiro atoms. The molecule has 0 radical (unpaired) electrons. The Hall–Kier alpha value is -2.37. The lowest BCUT2D eigenvalue weighted by atomic mass is 10.3. The molecule has 0 aromatic carbocycles. The molecule has 0 bridgehead atoms. The first-order valence-corrected chi connectivity index (χ1v) is 5.37. The second kappa shape index (κ2) is 4.48. The Morgan fingerprint density at radius 1 is 1.50 bits per heavy atom. The molecule has 2 N–H and O–H groups in total. The largest absolute Gasteiger partial charge is 0.464 e. The number of hydrogen-bond donors (Lipinski definition) is 1. The number of fused-ring (bicyclic) bond motifs is 1. The lowest BCUT2D eigenvalue weighted by Gasteiger charge is -2.01. The van der Waals surface area contributed by atoms with E-state index in [4.69, 9.17) is 5.73 Å². The van der Waals surface area contributed by atoms with Crippen LogP contribution in [0.2, 0.25) is 0 Å². The number of rotatable bonds is 3. The van der Waals surface area contributed by atoms with Gasteiger partial charge in [0.15, 0.2) is 5.69 Å². The molecule has 2 aromatic heterocycles. The number of anilines is 1. The van der Waals surface area contributed by atoms with E-state index in [1.165, 1.54) is 14.0 Å². The first kappa shape index (κ1) is 12.1. The van der Waals surface area contributed by atoms with E-state index in [1.807, 2.05) is 0 Å². The van der Waals surface area contributed by atoms with Crippen molar-refractivity contribution in [1.29, 1.82) is 0 Å². The summed E-state index contributed by atoms with van der Waals surface area (Å²) >= 11 is 0. The SMILES string of the molecule is COC(=O)c1nc(CC(C)=O)n2cccc(N)c12. The second-order valence-corrected chi connectivity index (χ2v) is 3.93. The molecular weight excluding hydrogens is 234 g/mol. The van der Waals surface area contributed by atoms with Crippen LogP contribution in [0.1, 0.15) is 23.2 Å². The molecule has 0 atom stereocenters. The monoisotopic (exact) mass is 247 g/mol. The van der Waals surface area contributed by atoms with Gasteiger partial charge >= 0.3 is 5.97 Å². The van der Waals surface area contributed by atoms with E-state index in [2.05, 4.69) is 9.72 Å². The molecule has 6 nitrogen and oxygen atoms in total. The first-order chi connectivity index (χ1) is 8.54. The predicted octanol–water partition coefficient (Wildman–Crippen LogP) is 0.835. The van der Waals surface area contributed by atoms with Crippen molar-refractivity contribution in [2.75, 3.05) is 12.8 Å². The fourth-order valence-corrected chi connectivity index (χ4v) is 1.81. The molecule has 0 aliphatic heterocycles. The van der Waals surface area contributed by atoms with Crippen LogP contribution in [0.25, 0.3) is 5.52 Å². The lowest BCUT2D eigenvalue weighted by molar-refractivity contribution is -0.116. The van der Waals surface area contributed by atoms with Gasteiger partial charge in [-0.05, 0) is 19.1 Å². The van der Waals surface area contributed by atoms with Gasteiger partial charge in [-0.15, -0.1) is 0 Å². The van der Waals surface area contributed by atoms with Crippen LogP contribution in [0.15, 0.2) is 18.3 Å². The molecule has 2 aromatic rings. The summed E-state index contributed by atoms with van der Waals surface area (Å²) < 4.78 is 6.30. The maximum absolute atomic E-state index is 11.6. The van der Waals surface area contributed by atoms with E-state index < -0.39 is 5.97 Å². The number of nitrogens with two attached hydrogens (primary N) is 1. The van der Waals surface area contributed by atoms with Crippen LogP contribution in [0.4, 0.5) is 5.69 Å². The topological polar surface area (TPSA) is 86.7 Å². The van der Waals surface area contributed by atoms with Crippen molar-refractivity contribution >= 4 is 23.0 Å². The molecule has 0 aliphatic rings. The maximum Gasteiger partial charge on any atom is 0.359 e. The van der Waals surface area contributed by atoms with Gasteiger partial charge in [-0.1, -0.05) is 0 Å². The van der Waals surface area contributed by atoms with Crippen LogP contribution in [-0.4, -0.2) is 28.2 Å². The number of ketones is 1. The molecule has 6 heteroatoms. The normalized spacial score (nSPS) is 10.6. The number of methoxy groups -OCH3 is 1. The van der Waals surface area contributed by atoms with E-state index in [1.54, 1.807) is 22.7 Å². The highest BCUT2D eigenvalue weighted by molar-refractivity contribution is 5.99. The summed E-state index contributed by atoms with van der Waals surface area (Å²) in [5, 5.41) is 0. The first-order valence-electron chi connectivity index (χ1n) is 5.37. The van der Waals surface area contributed by atoms with Crippen LogP contribution in [0.3, 0.4) is 0 Å². The van der Waals surface area contributed by atoms with Crippen LogP contribution >= 0.6 is 0 Å². The zero-order chi connectivity index (χ0) is 13.3. The highest BCUT2D eigenvalue weighted by atomic mass is 16.5. The van der Waals surface area contributed by atoms with Crippen molar-refractivity contribution in [2.45, 2.75) is 13.3 Å². The van der Waals surface area contributed by atoms with Gasteiger partial charge in [-0.2, -0.15) is 0 Å². The number of nitrogen functional groups attached to an aromatic ring is 1. The minimum atomic E-state index is -0.569. The van der Waals surface area contributed by atoms with Crippen molar-refractivity contribution in [3.8, 4) is 0 Å². The smallest absolute Gasteiger partial charge is 0.359 e. The van der Waals surface area contributed by atoms with Crippen LogP contribution < -0.4 is 5.73 Å². The van der Waals surface area contributed by atoms with Gasteiger partial charge in [-0.25, -0.2) is 9.78 Å². The molecule has 18 heavy (non-hydrogen) atoms. The third-order valence-electron chi connectivity index (χ3n) is 2.55. The van der Waals surface area contributed by atoms with Crippen LogP contribution in [0, 0.1) is 0 Å². The van der Waals surface area contributed by atoms with Gasteiger partial charge in [0.2, 0.25) is 0 Å². The van der Waals surface area contributed by atoms with Crippen molar-refractivity contribution in [1.82, 2.24) is 9.38 Å². The minimum absolute atomic E-state index is 0.0410. The Morgan fingerprint density at radius 2 is 2.22 bits per heavy atom. The number of nitrogens with zero attached hydrogens (tertiary/aromatic N) is 2. The Balaban J connectivity index is 2.71. The summed E-state index contributed by atoms with van der Waals surface area (Å²) in [6, 6.07) is 3.40. The fraction of sp³-hybridized carbons (Fsp3) is 0.250. The van der Waals surface area contributed by atoms with Crippen LogP contribution in [-0.2, 0) is 16.0 Å². The number of carbonyl (C=O) groups excluding carboxylic acids is 2. The number of esters is 1. The summed E-state index contributed by atoms with van der Waals surface area (Å²) in [5.41, 5.74) is 6.86. The molecule has 0 fully saturated rings. The van der Waals surface area contributed by atoms with Crippen LogP contribution in [0.5, 0.6) is 0 Å². The summed E-state index contributed by atoms with van der Waals surface area (Å²) in [4.78, 5) is 27.0. The summed E-state index contributed by atoms with van der Waals surface area (Å²) in [5.74, 6) is -0.133. The van der Waals surface area contributed by atoms with Crippen molar-refractivity contribution in [3.05, 3.63) is 29.8 Å². The minimum Gasteiger partial charge on any atom is -0.464 e. The third-order valence-corrected chi connectivity index (χ3v) is 2.55. The highest BCUT2D eigenvalue weighted by Crippen LogP contribution is 2.21. The van der Waals surface area contributed by atoms with E-state index in [-0.39, 0.29) is 17.9 Å². The van der Waals surface area contributed by atoms with Gasteiger partial charge in [0.05, 0.1) is 19.2 Å². The van der Waals surface area contributed by atoms with Gasteiger partial charge in [0, 0.05) is 6.20 Å². The molecular formula is C12H13N3O3. The van der Waals surface area contributed by atoms with E-state index >= 15 is 0 Å². The van der Waals surface area contributed by atoms with Crippen molar-refractivity contribution in [3.63, 3.8) is 0 Å². The number of pyridine rings is 1. The zero-order valence-corrected chi connectivity index (χ0v) is 10.1. The zero-order valence-electron chi connectivity index (χ0n) is 10.1. The number of imidazole rings is 1. The van der Waals surface area contributed by atoms with Gasteiger partial charge in [0.1, 0.15) is 17.1 Å². The quantitative estimate of drug-likeness (QED) is 0.812. The van der Waals surface area contributed by atoms with Gasteiger partial charge in [-0.3, -0.25) is 4.79 Å². The number of ether oxygens (including phenoxy) is 1. The molecule has 0 amide bonds. The molecule has 0 saturated heterocycles. The molecule has 0 saturated carbocycles. The van der Waals surface area contributed by atoms with Gasteiger partial charge < -0.3 is 14.9 Å². The molecule has 94 valence electrons.